The van der Waals surface area contributed by atoms with Crippen molar-refractivity contribution in [3.8, 4) is 6.01 Å². The minimum atomic E-state index is -3.48. The maximum atomic E-state index is 13.0. The van der Waals surface area contributed by atoms with Crippen LogP contribution in [0.25, 0.3) is 0 Å². The van der Waals surface area contributed by atoms with Crippen molar-refractivity contribution in [1.29, 1.82) is 0 Å². The molecule has 1 aromatic heterocycles. The molecule has 1 unspecified atom stereocenters. The number of hydrogen-bond acceptors (Lipinski definition) is 6. The number of ether oxygens (including phenoxy) is 1. The fraction of sp³-hybridized carbons (Fsp3) is 0.500. The maximum Gasteiger partial charge on any atom is 0.316 e. The summed E-state index contributed by atoms with van der Waals surface area (Å²) in [5.74, 6) is -0.124. The molecule has 31 heavy (non-hydrogen) atoms. The minimum absolute atomic E-state index is 0.124. The second-order valence-electron chi connectivity index (χ2n) is 8.00. The van der Waals surface area contributed by atoms with Gasteiger partial charge in [-0.2, -0.15) is 4.31 Å². The largest absolute Gasteiger partial charge is 0.458 e. The molecule has 8 nitrogen and oxygen atoms in total. The Bertz CT molecular complexity index is 1000. The summed E-state index contributed by atoms with van der Waals surface area (Å²) in [6.45, 7) is 4.25. The van der Waals surface area contributed by atoms with E-state index in [1.165, 1.54) is 16.4 Å². The van der Waals surface area contributed by atoms with Gasteiger partial charge in [-0.1, -0.05) is 6.92 Å². The summed E-state index contributed by atoms with van der Waals surface area (Å²) in [6, 6.07) is 6.59. The molecule has 3 heterocycles. The topological polar surface area (TPSA) is 92.7 Å². The van der Waals surface area contributed by atoms with Gasteiger partial charge in [0.1, 0.15) is 6.10 Å². The van der Waals surface area contributed by atoms with Crippen LogP contribution in [0.3, 0.4) is 0 Å². The van der Waals surface area contributed by atoms with Gasteiger partial charge in [0.25, 0.3) is 5.91 Å². The monoisotopic (exact) mass is 444 g/mol. The highest BCUT2D eigenvalue weighted by atomic mass is 32.2. The predicted molar refractivity (Wildman–Crippen MR) is 115 cm³/mol. The number of carbonyl (C=O) groups excluding carboxylic acids is 1. The highest BCUT2D eigenvalue weighted by molar-refractivity contribution is 7.89. The highest BCUT2D eigenvalue weighted by Gasteiger charge is 2.29. The van der Waals surface area contributed by atoms with Gasteiger partial charge in [0.2, 0.25) is 10.0 Å². The van der Waals surface area contributed by atoms with E-state index in [0.717, 1.165) is 37.7 Å². The summed E-state index contributed by atoms with van der Waals surface area (Å²) in [5.41, 5.74) is 1.52. The third-order valence-corrected chi connectivity index (χ3v) is 7.74. The number of nitrogens with zero attached hydrogens (tertiary/aromatic N) is 4. The molecule has 0 spiro atoms. The molecule has 0 aliphatic carbocycles. The molecular formula is C22H28N4O4S. The van der Waals surface area contributed by atoms with E-state index in [2.05, 4.69) is 9.97 Å². The first-order valence-electron chi connectivity index (χ1n) is 10.8. The summed E-state index contributed by atoms with van der Waals surface area (Å²) in [5, 5.41) is 0. The van der Waals surface area contributed by atoms with Gasteiger partial charge in [0.05, 0.1) is 11.4 Å². The van der Waals surface area contributed by atoms with Crippen LogP contribution in [0.15, 0.2) is 41.6 Å². The lowest BCUT2D eigenvalue weighted by molar-refractivity contribution is 0.0515. The number of sulfonamides is 1. The van der Waals surface area contributed by atoms with Crippen LogP contribution in [-0.2, 0) is 16.4 Å². The van der Waals surface area contributed by atoms with Crippen molar-refractivity contribution in [2.24, 2.45) is 0 Å². The number of amides is 1. The van der Waals surface area contributed by atoms with Crippen LogP contribution in [0, 0.1) is 0 Å². The molecule has 2 aliphatic heterocycles. The number of piperidine rings is 1. The first kappa shape index (κ1) is 21.7. The van der Waals surface area contributed by atoms with Crippen LogP contribution in [0.2, 0.25) is 0 Å². The first-order valence-corrected chi connectivity index (χ1v) is 12.3. The molecule has 2 fully saturated rings. The number of hydrogen-bond donors (Lipinski definition) is 0. The Morgan fingerprint density at radius 2 is 1.74 bits per heavy atom. The zero-order valence-corrected chi connectivity index (χ0v) is 18.6. The Labute approximate surface area is 183 Å². The number of aryl methyl sites for hydroxylation is 1. The van der Waals surface area contributed by atoms with E-state index in [-0.39, 0.29) is 16.9 Å². The second kappa shape index (κ2) is 9.32. The number of rotatable bonds is 6. The highest BCUT2D eigenvalue weighted by Crippen LogP contribution is 2.22. The van der Waals surface area contributed by atoms with Gasteiger partial charge >= 0.3 is 6.01 Å². The summed E-state index contributed by atoms with van der Waals surface area (Å²) in [4.78, 5) is 23.4. The standard InChI is InChI=1S/C22H28N4O4S/c1-2-17-14-23-22(24-15-17)30-19-6-5-11-25(16-19)21(27)18-7-9-20(10-8-18)31(28,29)26-12-3-4-13-26/h7-10,14-15,19H,2-6,11-13,16H2,1H3. The van der Waals surface area contributed by atoms with E-state index >= 15 is 0 Å². The molecule has 0 saturated carbocycles. The van der Waals surface area contributed by atoms with Crippen LogP contribution < -0.4 is 4.74 Å². The van der Waals surface area contributed by atoms with Crippen molar-refractivity contribution < 1.29 is 17.9 Å². The van der Waals surface area contributed by atoms with Crippen molar-refractivity contribution in [2.45, 2.75) is 50.0 Å². The van der Waals surface area contributed by atoms with E-state index in [4.69, 9.17) is 4.74 Å². The zero-order chi connectivity index (χ0) is 21.8. The average Bonchev–Trinajstić information content (AvgIpc) is 3.35. The van der Waals surface area contributed by atoms with Crippen molar-refractivity contribution >= 4 is 15.9 Å². The van der Waals surface area contributed by atoms with Gasteiger partial charge in [-0.3, -0.25) is 4.79 Å². The van der Waals surface area contributed by atoms with Gasteiger partial charge in [-0.15, -0.1) is 0 Å². The Kier molecular flexibility index (Phi) is 6.52. The second-order valence-corrected chi connectivity index (χ2v) is 9.93. The fourth-order valence-corrected chi connectivity index (χ4v) is 5.50. The third kappa shape index (κ3) is 4.88. The van der Waals surface area contributed by atoms with Crippen molar-refractivity contribution in [3.63, 3.8) is 0 Å². The molecular weight excluding hydrogens is 416 g/mol. The normalized spacial score (nSPS) is 20.0. The molecule has 1 amide bonds. The van der Waals surface area contributed by atoms with Crippen LogP contribution in [0.4, 0.5) is 0 Å². The van der Waals surface area contributed by atoms with Crippen LogP contribution in [0.1, 0.15) is 48.5 Å². The number of carbonyl (C=O) groups is 1. The Morgan fingerprint density at radius 3 is 2.39 bits per heavy atom. The van der Waals surface area contributed by atoms with Crippen LogP contribution in [-0.4, -0.2) is 65.8 Å². The maximum absolute atomic E-state index is 13.0. The van der Waals surface area contributed by atoms with E-state index in [1.807, 2.05) is 6.92 Å². The molecule has 2 saturated heterocycles. The van der Waals surface area contributed by atoms with Gasteiger partial charge in [-0.25, -0.2) is 18.4 Å². The number of aromatic nitrogens is 2. The molecule has 0 bridgehead atoms. The minimum Gasteiger partial charge on any atom is -0.458 e. The lowest BCUT2D eigenvalue weighted by Gasteiger charge is -2.32. The predicted octanol–water partition coefficient (Wildman–Crippen LogP) is 2.51. The van der Waals surface area contributed by atoms with Gasteiger partial charge in [-0.05, 0) is 61.9 Å². The molecule has 1 aromatic carbocycles. The average molecular weight is 445 g/mol. The van der Waals surface area contributed by atoms with E-state index in [9.17, 15) is 13.2 Å². The lowest BCUT2D eigenvalue weighted by Crippen LogP contribution is -2.44. The van der Waals surface area contributed by atoms with Crippen molar-refractivity contribution in [1.82, 2.24) is 19.2 Å². The zero-order valence-electron chi connectivity index (χ0n) is 17.7. The molecule has 0 radical (unpaired) electrons. The number of benzene rings is 1. The van der Waals surface area contributed by atoms with E-state index in [1.54, 1.807) is 29.4 Å². The Hall–Kier alpha value is -2.52. The quantitative estimate of drug-likeness (QED) is 0.680. The van der Waals surface area contributed by atoms with E-state index < -0.39 is 10.0 Å². The SMILES string of the molecule is CCc1cnc(OC2CCCN(C(=O)c3ccc(S(=O)(=O)N4CCCC4)cc3)C2)nc1. The molecule has 2 aliphatic rings. The summed E-state index contributed by atoms with van der Waals surface area (Å²) < 4.78 is 32.7. The molecule has 166 valence electrons. The summed E-state index contributed by atoms with van der Waals surface area (Å²) >= 11 is 0. The molecule has 9 heteroatoms. The molecule has 0 N–H and O–H groups in total. The molecule has 1 atom stereocenters. The van der Waals surface area contributed by atoms with Gasteiger partial charge in [0, 0.05) is 37.6 Å². The van der Waals surface area contributed by atoms with Crippen molar-refractivity contribution in [3.05, 3.63) is 47.8 Å². The molecule has 4 rings (SSSR count). The first-order chi connectivity index (χ1) is 15.0. The molecule has 2 aromatic rings. The third-order valence-electron chi connectivity index (χ3n) is 5.83. The van der Waals surface area contributed by atoms with Crippen LogP contribution >= 0.6 is 0 Å². The summed E-state index contributed by atoms with van der Waals surface area (Å²) in [7, 11) is -3.48. The Balaban J connectivity index is 1.40. The summed E-state index contributed by atoms with van der Waals surface area (Å²) in [6.07, 6.45) is 7.64. The Morgan fingerprint density at radius 1 is 1.06 bits per heavy atom. The fourth-order valence-electron chi connectivity index (χ4n) is 3.98. The van der Waals surface area contributed by atoms with Crippen molar-refractivity contribution in [2.75, 3.05) is 26.2 Å². The van der Waals surface area contributed by atoms with Gasteiger partial charge < -0.3 is 9.64 Å². The van der Waals surface area contributed by atoms with Gasteiger partial charge in [0.15, 0.2) is 0 Å². The number of likely N-dealkylation sites (tertiary alicyclic amines) is 1. The lowest BCUT2D eigenvalue weighted by atomic mass is 10.1. The van der Waals surface area contributed by atoms with E-state index in [0.29, 0.717) is 37.8 Å². The van der Waals surface area contributed by atoms with Crippen LogP contribution in [0.5, 0.6) is 6.01 Å². The smallest absolute Gasteiger partial charge is 0.316 e.